The Hall–Kier alpha value is -3.87. The van der Waals surface area contributed by atoms with Gasteiger partial charge in [0.15, 0.2) is 5.78 Å². The fourth-order valence-corrected chi connectivity index (χ4v) is 3.85. The monoisotopic (exact) mass is 418 g/mol. The van der Waals surface area contributed by atoms with Crippen molar-refractivity contribution in [2.75, 3.05) is 19.5 Å². The van der Waals surface area contributed by atoms with Crippen molar-refractivity contribution in [3.05, 3.63) is 87.3 Å². The molecular weight excluding hydrogens is 396 g/mol. The smallest absolute Gasteiger partial charge is 0.261 e. The van der Waals surface area contributed by atoms with E-state index in [9.17, 15) is 14.4 Å². The molecule has 158 valence electrons. The molecule has 3 aromatic rings. The van der Waals surface area contributed by atoms with Crippen LogP contribution in [0.25, 0.3) is 0 Å². The first-order valence-electron chi connectivity index (χ1n) is 9.88. The summed E-state index contributed by atoms with van der Waals surface area (Å²) in [4.78, 5) is 41.0. The van der Waals surface area contributed by atoms with Gasteiger partial charge in [0.25, 0.3) is 11.5 Å². The van der Waals surface area contributed by atoms with Gasteiger partial charge in [-0.15, -0.1) is 0 Å². The van der Waals surface area contributed by atoms with Crippen molar-refractivity contribution >= 4 is 17.4 Å². The second-order valence-corrected chi connectivity index (χ2v) is 7.36. The highest BCUT2D eigenvalue weighted by Gasteiger charge is 2.29. The quantitative estimate of drug-likeness (QED) is 0.660. The highest BCUT2D eigenvalue weighted by atomic mass is 16.5. The molecule has 0 aliphatic heterocycles. The van der Waals surface area contributed by atoms with Crippen LogP contribution < -0.4 is 20.3 Å². The molecule has 1 heterocycles. The van der Waals surface area contributed by atoms with Crippen LogP contribution in [0.3, 0.4) is 0 Å². The first-order chi connectivity index (χ1) is 15.0. The number of Topliss-reactive ketones (excluding diaryl/α,β-unsaturated/α-hetero) is 1. The minimum absolute atomic E-state index is 0.0000804. The van der Waals surface area contributed by atoms with Crippen LogP contribution in [0, 0.1) is 0 Å². The Morgan fingerprint density at radius 3 is 2.48 bits per heavy atom. The third-order valence-corrected chi connectivity index (χ3v) is 5.48. The first-order valence-corrected chi connectivity index (χ1v) is 9.88. The molecule has 0 fully saturated rings. The highest BCUT2D eigenvalue weighted by molar-refractivity contribution is 6.07. The van der Waals surface area contributed by atoms with Crippen LogP contribution in [0.5, 0.6) is 11.5 Å². The SMILES string of the molecule is COc1ccc(NC(=O)c2cc3c([nH]c2=O)CC(c2ccccc2)CC3=O)c(OC)c1. The summed E-state index contributed by atoms with van der Waals surface area (Å²) in [5.41, 5.74) is 1.73. The van der Waals surface area contributed by atoms with Crippen LogP contribution in [0.2, 0.25) is 0 Å². The molecule has 2 N–H and O–H groups in total. The van der Waals surface area contributed by atoms with E-state index in [-0.39, 0.29) is 17.3 Å². The molecule has 4 rings (SSSR count). The molecule has 1 aliphatic carbocycles. The zero-order chi connectivity index (χ0) is 22.0. The largest absolute Gasteiger partial charge is 0.497 e. The van der Waals surface area contributed by atoms with Crippen molar-refractivity contribution in [2.45, 2.75) is 18.8 Å². The Morgan fingerprint density at radius 2 is 1.77 bits per heavy atom. The third-order valence-electron chi connectivity index (χ3n) is 5.48. The van der Waals surface area contributed by atoms with E-state index >= 15 is 0 Å². The van der Waals surface area contributed by atoms with Crippen LogP contribution in [0.15, 0.2) is 59.4 Å². The van der Waals surface area contributed by atoms with E-state index in [1.54, 1.807) is 18.2 Å². The molecule has 0 radical (unpaired) electrons. The summed E-state index contributed by atoms with van der Waals surface area (Å²) in [5, 5.41) is 2.68. The zero-order valence-corrected chi connectivity index (χ0v) is 17.2. The fourth-order valence-electron chi connectivity index (χ4n) is 3.85. The van der Waals surface area contributed by atoms with Crippen LogP contribution in [-0.2, 0) is 6.42 Å². The number of hydrogen-bond acceptors (Lipinski definition) is 5. The third kappa shape index (κ3) is 4.07. The van der Waals surface area contributed by atoms with Crippen LogP contribution in [-0.4, -0.2) is 30.9 Å². The second-order valence-electron chi connectivity index (χ2n) is 7.36. The summed E-state index contributed by atoms with van der Waals surface area (Å²) in [7, 11) is 3.00. The Bertz CT molecular complexity index is 1200. The Labute approximate surface area is 179 Å². The number of pyridine rings is 1. The predicted octanol–water partition coefficient (Wildman–Crippen LogP) is 3.56. The van der Waals surface area contributed by atoms with E-state index in [1.165, 1.54) is 20.3 Å². The van der Waals surface area contributed by atoms with Crippen molar-refractivity contribution in [1.29, 1.82) is 0 Å². The molecule has 2 aromatic carbocycles. The number of ether oxygens (including phenoxy) is 2. The van der Waals surface area contributed by atoms with Gasteiger partial charge >= 0.3 is 0 Å². The molecular formula is C24H22N2O5. The summed E-state index contributed by atoms with van der Waals surface area (Å²) in [6.07, 6.45) is 0.866. The lowest BCUT2D eigenvalue weighted by atomic mass is 9.81. The number of aromatic nitrogens is 1. The molecule has 1 amide bonds. The lowest BCUT2D eigenvalue weighted by Gasteiger charge is -2.24. The summed E-state index contributed by atoms with van der Waals surface area (Å²) in [6, 6.07) is 16.0. The zero-order valence-electron chi connectivity index (χ0n) is 17.2. The number of hydrogen-bond donors (Lipinski definition) is 2. The Kier molecular flexibility index (Phi) is 5.58. The number of ketones is 1. The van der Waals surface area contributed by atoms with Crippen LogP contribution >= 0.6 is 0 Å². The van der Waals surface area contributed by atoms with Gasteiger partial charge in [-0.25, -0.2) is 0 Å². The van der Waals surface area contributed by atoms with Gasteiger partial charge in [-0.2, -0.15) is 0 Å². The molecule has 1 atom stereocenters. The topological polar surface area (TPSA) is 97.5 Å². The number of benzene rings is 2. The molecule has 7 heteroatoms. The Morgan fingerprint density at radius 1 is 1.00 bits per heavy atom. The van der Waals surface area contributed by atoms with Gasteiger partial charge in [-0.3, -0.25) is 14.4 Å². The number of fused-ring (bicyclic) bond motifs is 1. The number of carbonyl (C=O) groups is 2. The summed E-state index contributed by atoms with van der Waals surface area (Å²) in [6.45, 7) is 0. The molecule has 1 aliphatic rings. The molecule has 31 heavy (non-hydrogen) atoms. The summed E-state index contributed by atoms with van der Waals surface area (Å²) in [5.74, 6) is 0.247. The maximum absolute atomic E-state index is 12.8. The van der Waals surface area contributed by atoms with E-state index in [0.29, 0.717) is 41.3 Å². The van der Waals surface area contributed by atoms with E-state index in [0.717, 1.165) is 5.56 Å². The van der Waals surface area contributed by atoms with Crippen molar-refractivity contribution in [3.8, 4) is 11.5 Å². The van der Waals surface area contributed by atoms with E-state index < -0.39 is 11.5 Å². The standard InChI is InChI=1S/C24H22N2O5/c1-30-16-8-9-19(22(12-16)31-2)25-23(28)18-13-17-20(26-24(18)29)10-15(11-21(17)27)14-6-4-3-5-7-14/h3-9,12-13,15H,10-11H2,1-2H3,(H,25,28)(H,26,29). The predicted molar refractivity (Wildman–Crippen MR) is 116 cm³/mol. The molecule has 1 aromatic heterocycles. The fraction of sp³-hybridized carbons (Fsp3) is 0.208. The number of rotatable bonds is 5. The van der Waals surface area contributed by atoms with Gasteiger partial charge in [0.2, 0.25) is 0 Å². The van der Waals surface area contributed by atoms with E-state index in [4.69, 9.17) is 9.47 Å². The van der Waals surface area contributed by atoms with E-state index in [1.807, 2.05) is 30.3 Å². The van der Waals surface area contributed by atoms with Crippen LogP contribution in [0.1, 0.15) is 44.3 Å². The number of carbonyl (C=O) groups excluding carboxylic acids is 2. The lowest BCUT2D eigenvalue weighted by molar-refractivity contribution is 0.0963. The molecule has 0 saturated carbocycles. The second kappa shape index (κ2) is 8.47. The normalized spacial score (nSPS) is 15.2. The van der Waals surface area contributed by atoms with Crippen molar-refractivity contribution in [2.24, 2.45) is 0 Å². The first kappa shape index (κ1) is 20.4. The summed E-state index contributed by atoms with van der Waals surface area (Å²) >= 11 is 0. The molecule has 1 unspecified atom stereocenters. The maximum Gasteiger partial charge on any atom is 0.261 e. The van der Waals surface area contributed by atoms with Crippen molar-refractivity contribution in [1.82, 2.24) is 4.98 Å². The van der Waals surface area contributed by atoms with Gasteiger partial charge in [0, 0.05) is 23.7 Å². The number of methoxy groups -OCH3 is 2. The van der Waals surface area contributed by atoms with Gasteiger partial charge < -0.3 is 19.8 Å². The van der Waals surface area contributed by atoms with Crippen molar-refractivity contribution in [3.63, 3.8) is 0 Å². The lowest BCUT2D eigenvalue weighted by Crippen LogP contribution is -2.29. The van der Waals surface area contributed by atoms with Crippen LogP contribution in [0.4, 0.5) is 5.69 Å². The Balaban J connectivity index is 1.62. The number of nitrogens with one attached hydrogen (secondary N) is 2. The van der Waals surface area contributed by atoms with Gasteiger partial charge in [-0.1, -0.05) is 30.3 Å². The summed E-state index contributed by atoms with van der Waals surface area (Å²) < 4.78 is 10.4. The van der Waals surface area contributed by atoms with E-state index in [2.05, 4.69) is 10.3 Å². The van der Waals surface area contributed by atoms with Crippen molar-refractivity contribution < 1.29 is 19.1 Å². The van der Waals surface area contributed by atoms with Gasteiger partial charge in [0.05, 0.1) is 19.9 Å². The average Bonchev–Trinajstić information content (AvgIpc) is 2.79. The number of H-pyrrole nitrogens is 1. The average molecular weight is 418 g/mol. The molecule has 0 saturated heterocycles. The molecule has 0 spiro atoms. The molecule has 0 bridgehead atoms. The van der Waals surface area contributed by atoms with Gasteiger partial charge in [0.1, 0.15) is 17.1 Å². The number of amides is 1. The number of aromatic amines is 1. The highest BCUT2D eigenvalue weighted by Crippen LogP contribution is 2.32. The molecule has 7 nitrogen and oxygen atoms in total. The number of anilines is 1. The minimum atomic E-state index is -0.620. The minimum Gasteiger partial charge on any atom is -0.497 e. The van der Waals surface area contributed by atoms with Gasteiger partial charge in [-0.05, 0) is 36.1 Å². The maximum atomic E-state index is 12.8.